The van der Waals surface area contributed by atoms with Crippen LogP contribution >= 0.6 is 0 Å². The summed E-state index contributed by atoms with van der Waals surface area (Å²) in [4.78, 5) is 15.0. The molecule has 1 heterocycles. The van der Waals surface area contributed by atoms with E-state index in [1.807, 2.05) is 0 Å². The van der Waals surface area contributed by atoms with Crippen LogP contribution in [0.5, 0.6) is 0 Å². The van der Waals surface area contributed by atoms with Crippen LogP contribution in [0.4, 0.5) is 8.78 Å². The van der Waals surface area contributed by atoms with Gasteiger partial charge in [-0.2, -0.15) is 0 Å². The van der Waals surface area contributed by atoms with Gasteiger partial charge in [0, 0.05) is 31.8 Å². The molecule has 0 spiro atoms. The number of carbonyl (C=O) groups excluding carboxylic acids is 1. The maximum atomic E-state index is 13.9. The predicted octanol–water partition coefficient (Wildman–Crippen LogP) is 3.14. The highest BCUT2D eigenvalue weighted by Crippen LogP contribution is 2.48. The first-order valence-corrected chi connectivity index (χ1v) is 9.93. The summed E-state index contributed by atoms with van der Waals surface area (Å²) in [6.45, 7) is 3.80. The molecule has 3 N–H and O–H groups in total. The van der Waals surface area contributed by atoms with Gasteiger partial charge in [0.15, 0.2) is 5.60 Å². The van der Waals surface area contributed by atoms with Gasteiger partial charge in [-0.1, -0.05) is 37.3 Å². The minimum absolute atomic E-state index is 0.144. The molecule has 150 valence electrons. The molecule has 6 heteroatoms. The molecule has 27 heavy (non-hydrogen) atoms. The number of rotatable bonds is 5. The third-order valence-corrected chi connectivity index (χ3v) is 6.54. The summed E-state index contributed by atoms with van der Waals surface area (Å²) in [6, 6.07) is 8.58. The van der Waals surface area contributed by atoms with Crippen molar-refractivity contribution in [2.24, 2.45) is 23.5 Å². The van der Waals surface area contributed by atoms with E-state index in [2.05, 4.69) is 6.92 Å². The van der Waals surface area contributed by atoms with E-state index in [0.29, 0.717) is 37.0 Å². The van der Waals surface area contributed by atoms with Gasteiger partial charge < -0.3 is 15.7 Å². The number of carbonyl (C=O) groups is 1. The largest absolute Gasteiger partial charge is 0.375 e. The van der Waals surface area contributed by atoms with Crippen molar-refractivity contribution >= 4 is 5.91 Å². The number of alkyl halides is 2. The van der Waals surface area contributed by atoms with Crippen LogP contribution in [-0.2, 0) is 10.4 Å². The minimum Gasteiger partial charge on any atom is -0.375 e. The van der Waals surface area contributed by atoms with E-state index < -0.39 is 29.8 Å². The average Bonchev–Trinajstić information content (AvgIpc) is 3.07. The second-order valence-electron chi connectivity index (χ2n) is 8.27. The van der Waals surface area contributed by atoms with Crippen LogP contribution in [0.3, 0.4) is 0 Å². The van der Waals surface area contributed by atoms with Crippen LogP contribution in [0.1, 0.15) is 44.6 Å². The van der Waals surface area contributed by atoms with Crippen molar-refractivity contribution in [2.45, 2.75) is 50.6 Å². The summed E-state index contributed by atoms with van der Waals surface area (Å²) in [7, 11) is 0. The van der Waals surface area contributed by atoms with Crippen molar-refractivity contribution in [2.75, 3.05) is 19.6 Å². The van der Waals surface area contributed by atoms with Gasteiger partial charge >= 0.3 is 0 Å². The van der Waals surface area contributed by atoms with Crippen molar-refractivity contribution in [3.63, 3.8) is 0 Å². The van der Waals surface area contributed by atoms with Gasteiger partial charge in [0.1, 0.15) is 0 Å². The molecule has 3 atom stereocenters. The molecule has 2 unspecified atom stereocenters. The highest BCUT2D eigenvalue weighted by molar-refractivity contribution is 5.87. The molecule has 1 saturated carbocycles. The lowest BCUT2D eigenvalue weighted by Crippen LogP contribution is -2.53. The minimum atomic E-state index is -2.82. The first-order chi connectivity index (χ1) is 12.8. The maximum absolute atomic E-state index is 13.9. The van der Waals surface area contributed by atoms with Crippen molar-refractivity contribution in [3.8, 4) is 0 Å². The number of halogens is 2. The van der Waals surface area contributed by atoms with E-state index in [0.717, 1.165) is 12.8 Å². The van der Waals surface area contributed by atoms with Crippen LogP contribution in [0.2, 0.25) is 0 Å². The fraction of sp³-hybridized carbons (Fsp3) is 0.667. The number of piperidine rings is 1. The maximum Gasteiger partial charge on any atom is 0.259 e. The molecule has 1 aromatic rings. The van der Waals surface area contributed by atoms with Crippen molar-refractivity contribution < 1.29 is 18.7 Å². The highest BCUT2D eigenvalue weighted by atomic mass is 19.3. The molecule has 1 aliphatic heterocycles. The van der Waals surface area contributed by atoms with Gasteiger partial charge in [-0.15, -0.1) is 0 Å². The Bertz CT molecular complexity index is 647. The molecule has 1 aromatic carbocycles. The van der Waals surface area contributed by atoms with Gasteiger partial charge in [0.05, 0.1) is 0 Å². The van der Waals surface area contributed by atoms with Crippen LogP contribution < -0.4 is 5.73 Å². The van der Waals surface area contributed by atoms with Crippen molar-refractivity contribution in [1.29, 1.82) is 0 Å². The van der Waals surface area contributed by atoms with Crippen molar-refractivity contribution in [1.82, 2.24) is 4.90 Å². The monoisotopic (exact) mass is 380 g/mol. The normalized spacial score (nSPS) is 26.6. The Balaban J connectivity index is 1.83. The fourth-order valence-corrected chi connectivity index (χ4v) is 4.64. The summed E-state index contributed by atoms with van der Waals surface area (Å²) in [5, 5.41) is 11.5. The highest BCUT2D eigenvalue weighted by Gasteiger charge is 2.54. The lowest BCUT2D eigenvalue weighted by molar-refractivity contribution is -0.162. The van der Waals surface area contributed by atoms with Gasteiger partial charge in [-0.05, 0) is 43.2 Å². The van der Waals surface area contributed by atoms with Gasteiger partial charge in [0.25, 0.3) is 5.91 Å². The van der Waals surface area contributed by atoms with E-state index >= 15 is 0 Å². The number of nitrogens with two attached hydrogens (primary N) is 1. The lowest BCUT2D eigenvalue weighted by Gasteiger charge is -2.41. The van der Waals surface area contributed by atoms with E-state index in [-0.39, 0.29) is 12.8 Å². The molecule has 2 aliphatic rings. The van der Waals surface area contributed by atoms with Gasteiger partial charge in [0.2, 0.25) is 5.92 Å². The van der Waals surface area contributed by atoms with Gasteiger partial charge in [-0.25, -0.2) is 8.78 Å². The molecule has 0 aromatic heterocycles. The summed E-state index contributed by atoms with van der Waals surface area (Å²) < 4.78 is 27.8. The lowest BCUT2D eigenvalue weighted by atomic mass is 9.78. The topological polar surface area (TPSA) is 66.6 Å². The summed E-state index contributed by atoms with van der Waals surface area (Å²) in [5.74, 6) is -3.18. The Morgan fingerprint density at radius 1 is 1.30 bits per heavy atom. The first-order valence-electron chi connectivity index (χ1n) is 9.93. The molecule has 0 bridgehead atoms. The number of hydrogen-bond donors (Lipinski definition) is 2. The molecular weight excluding hydrogens is 350 g/mol. The van der Waals surface area contributed by atoms with Crippen molar-refractivity contribution in [3.05, 3.63) is 35.9 Å². The molecule has 4 nitrogen and oxygen atoms in total. The summed E-state index contributed by atoms with van der Waals surface area (Å²) in [6.07, 6.45) is 1.07. The average molecular weight is 380 g/mol. The predicted molar refractivity (Wildman–Crippen MR) is 100 cm³/mol. The van der Waals surface area contributed by atoms with Crippen LogP contribution in [0, 0.1) is 17.8 Å². The summed E-state index contributed by atoms with van der Waals surface area (Å²) in [5.41, 5.74) is 4.28. The third-order valence-electron chi connectivity index (χ3n) is 6.54. The Hall–Kier alpha value is -1.53. The second-order valence-corrected chi connectivity index (χ2v) is 8.27. The number of likely N-dealkylation sites (tertiary alicyclic amines) is 1. The third kappa shape index (κ3) is 4.02. The number of hydrogen-bond acceptors (Lipinski definition) is 3. The first kappa shape index (κ1) is 20.2. The fourth-order valence-electron chi connectivity index (χ4n) is 4.64. The zero-order valence-electron chi connectivity index (χ0n) is 15.9. The molecular formula is C21H30F2N2O2. The molecule has 1 saturated heterocycles. The number of aliphatic hydroxyl groups is 1. The zero-order chi connectivity index (χ0) is 19.7. The van der Waals surface area contributed by atoms with E-state index in [1.54, 1.807) is 35.2 Å². The molecule has 3 rings (SSSR count). The smallest absolute Gasteiger partial charge is 0.259 e. The molecule has 0 radical (unpaired) electrons. The summed E-state index contributed by atoms with van der Waals surface area (Å²) >= 11 is 0. The van der Waals surface area contributed by atoms with E-state index in [1.165, 1.54) is 0 Å². The zero-order valence-corrected chi connectivity index (χ0v) is 15.9. The number of nitrogens with zero attached hydrogens (tertiary/aromatic N) is 1. The Labute approximate surface area is 159 Å². The number of amides is 1. The Morgan fingerprint density at radius 3 is 2.44 bits per heavy atom. The van der Waals surface area contributed by atoms with Crippen LogP contribution in [-0.4, -0.2) is 41.5 Å². The molecule has 2 fully saturated rings. The molecule has 1 amide bonds. The quantitative estimate of drug-likeness (QED) is 0.825. The number of benzene rings is 1. The van der Waals surface area contributed by atoms with Gasteiger partial charge in [-0.3, -0.25) is 4.79 Å². The second kappa shape index (κ2) is 7.84. The van der Waals surface area contributed by atoms with E-state index in [9.17, 15) is 18.7 Å². The van der Waals surface area contributed by atoms with Crippen LogP contribution in [0.15, 0.2) is 30.3 Å². The Morgan fingerprint density at radius 2 is 1.93 bits per heavy atom. The van der Waals surface area contributed by atoms with Crippen LogP contribution in [0.25, 0.3) is 0 Å². The SMILES string of the molecule is CC(CN)C1CCN(C(=O)C(O)(c2ccccc2)[C@@H]2CCC(F)(F)C2)CC1. The standard InChI is InChI=1S/C21H30F2N2O2/c1-15(14-24)16-8-11-25(12-9-16)19(26)21(27,17-5-3-2-4-6-17)18-7-10-20(22,23)13-18/h2-6,15-16,18,27H,7-14,24H2,1H3/t15?,18-,21?/m1/s1. The van der Waals surface area contributed by atoms with E-state index in [4.69, 9.17) is 5.73 Å². The molecule has 1 aliphatic carbocycles. The Kier molecular flexibility index (Phi) is 5.87.